The van der Waals surface area contributed by atoms with Crippen LogP contribution in [0.1, 0.15) is 36.9 Å². The lowest BCUT2D eigenvalue weighted by molar-refractivity contribution is -0.118. The van der Waals surface area contributed by atoms with Crippen molar-refractivity contribution < 1.29 is 24.2 Å². The topological polar surface area (TPSA) is 148 Å². The summed E-state index contributed by atoms with van der Waals surface area (Å²) in [6.45, 7) is 3.30. The molecule has 3 N–H and O–H groups in total. The van der Waals surface area contributed by atoms with E-state index in [2.05, 4.69) is 20.3 Å². The number of H-pyrrole nitrogens is 1. The third kappa shape index (κ3) is 4.39. The molecule has 0 aliphatic carbocycles. The minimum atomic E-state index is -0.900. The summed E-state index contributed by atoms with van der Waals surface area (Å²) in [6, 6.07) is 8.51. The van der Waals surface area contributed by atoms with Crippen molar-refractivity contribution in [3.8, 4) is 0 Å². The highest BCUT2D eigenvalue weighted by molar-refractivity contribution is 5.91. The van der Waals surface area contributed by atoms with Crippen molar-refractivity contribution in [1.29, 1.82) is 0 Å². The van der Waals surface area contributed by atoms with Crippen LogP contribution in [-0.4, -0.2) is 55.3 Å². The van der Waals surface area contributed by atoms with Gasteiger partial charge < -0.3 is 14.6 Å². The fourth-order valence-corrected chi connectivity index (χ4v) is 3.31. The molecule has 1 fully saturated rings. The molecule has 0 spiro atoms. The number of carbonyl (C=O) groups excluding carboxylic acids is 2. The molecule has 3 aromatic rings. The Kier molecular flexibility index (Phi) is 6.01. The van der Waals surface area contributed by atoms with E-state index in [1.807, 2.05) is 0 Å². The molecule has 0 unspecified atom stereocenters. The number of nitrogens with zero attached hydrogens (tertiary/aromatic N) is 3. The van der Waals surface area contributed by atoms with Crippen LogP contribution in [0.25, 0.3) is 11.2 Å². The number of aromatic amines is 1. The van der Waals surface area contributed by atoms with Crippen LogP contribution < -0.4 is 10.9 Å². The van der Waals surface area contributed by atoms with E-state index in [4.69, 9.17) is 9.47 Å². The van der Waals surface area contributed by atoms with Gasteiger partial charge in [0.25, 0.3) is 5.56 Å². The summed E-state index contributed by atoms with van der Waals surface area (Å²) >= 11 is 0. The Bertz CT molecular complexity index is 1190. The maximum atomic E-state index is 12.3. The summed E-state index contributed by atoms with van der Waals surface area (Å²) in [5, 5.41) is 13.0. The first kappa shape index (κ1) is 21.7. The lowest BCUT2D eigenvalue weighted by Crippen LogP contribution is -2.28. The third-order valence-electron chi connectivity index (χ3n) is 5.10. The van der Waals surface area contributed by atoms with Gasteiger partial charge in [-0.05, 0) is 12.1 Å². The second-order valence-corrected chi connectivity index (χ2v) is 7.78. The molecule has 0 saturated carbocycles. The number of anilines is 1. The monoisotopic (exact) mass is 441 g/mol. The van der Waals surface area contributed by atoms with Gasteiger partial charge in [-0.2, -0.15) is 4.98 Å². The molecule has 32 heavy (non-hydrogen) atoms. The number of hydrogen-bond acceptors (Lipinski definition) is 8. The molecule has 11 heteroatoms. The molecule has 1 saturated heterocycles. The number of ether oxygens (including phenoxy) is 2. The lowest BCUT2D eigenvalue weighted by Gasteiger charge is -2.16. The molecule has 168 valence electrons. The smallest absolute Gasteiger partial charge is 0.338 e. The van der Waals surface area contributed by atoms with Crippen LogP contribution in [0.5, 0.6) is 0 Å². The maximum Gasteiger partial charge on any atom is 0.338 e. The van der Waals surface area contributed by atoms with Crippen molar-refractivity contribution in [2.45, 2.75) is 38.7 Å². The average molecular weight is 441 g/mol. The molecular weight excluding hydrogens is 418 g/mol. The molecule has 0 radical (unpaired) electrons. The summed E-state index contributed by atoms with van der Waals surface area (Å²) in [6.07, 6.45) is -0.772. The van der Waals surface area contributed by atoms with Gasteiger partial charge in [-0.25, -0.2) is 9.78 Å². The fraction of sp³-hybridized carbons (Fsp3) is 0.381. The lowest BCUT2D eigenvalue weighted by atomic mass is 10.2. The molecule has 3 heterocycles. The van der Waals surface area contributed by atoms with E-state index in [0.717, 1.165) is 0 Å². The van der Waals surface area contributed by atoms with Crippen LogP contribution in [0.15, 0.2) is 41.5 Å². The number of aliphatic hydroxyl groups is 1. The first-order valence-electron chi connectivity index (χ1n) is 10.2. The number of amides is 1. The quantitative estimate of drug-likeness (QED) is 0.484. The number of hydrogen-bond donors (Lipinski definition) is 3. The summed E-state index contributed by atoms with van der Waals surface area (Å²) in [5.74, 6) is -1.12. The highest BCUT2D eigenvalue weighted by Gasteiger charge is 2.37. The van der Waals surface area contributed by atoms with E-state index < -0.39 is 30.0 Å². The second kappa shape index (κ2) is 8.89. The van der Waals surface area contributed by atoms with Gasteiger partial charge in [-0.15, -0.1) is 0 Å². The Morgan fingerprint density at radius 1 is 1.34 bits per heavy atom. The zero-order valence-corrected chi connectivity index (χ0v) is 17.5. The number of aliphatic hydroxyl groups excluding tert-OH is 1. The molecule has 0 bridgehead atoms. The number of carbonyl (C=O) groups is 2. The SMILES string of the molecule is CC(C)C(=O)Nc1nc2c(ncn2[C@@H]2C[C@@H](O)[C@@H](COC(=O)c3ccccc3)O2)c(=O)[nH]1. The number of aromatic nitrogens is 4. The Morgan fingerprint density at radius 2 is 2.09 bits per heavy atom. The largest absolute Gasteiger partial charge is 0.459 e. The van der Waals surface area contributed by atoms with Crippen molar-refractivity contribution in [2.75, 3.05) is 11.9 Å². The van der Waals surface area contributed by atoms with E-state index in [1.165, 1.54) is 10.9 Å². The summed E-state index contributed by atoms with van der Waals surface area (Å²) in [4.78, 5) is 47.3. The van der Waals surface area contributed by atoms with Crippen LogP contribution in [0.3, 0.4) is 0 Å². The molecule has 3 atom stereocenters. The Morgan fingerprint density at radius 3 is 2.81 bits per heavy atom. The zero-order chi connectivity index (χ0) is 22.8. The van der Waals surface area contributed by atoms with Crippen molar-refractivity contribution in [3.05, 3.63) is 52.6 Å². The fourth-order valence-electron chi connectivity index (χ4n) is 3.31. The third-order valence-corrected chi connectivity index (χ3v) is 5.10. The second-order valence-electron chi connectivity index (χ2n) is 7.78. The van der Waals surface area contributed by atoms with Gasteiger partial charge >= 0.3 is 5.97 Å². The van der Waals surface area contributed by atoms with Crippen LogP contribution in [0.4, 0.5) is 5.95 Å². The maximum absolute atomic E-state index is 12.3. The number of nitrogens with one attached hydrogen (secondary N) is 2. The first-order valence-corrected chi connectivity index (χ1v) is 10.2. The minimum absolute atomic E-state index is 0.00478. The number of esters is 1. The predicted octanol–water partition coefficient (Wildman–Crippen LogP) is 1.22. The molecular formula is C21H23N5O6. The van der Waals surface area contributed by atoms with Gasteiger partial charge in [0, 0.05) is 12.3 Å². The van der Waals surface area contributed by atoms with Crippen molar-refractivity contribution >= 4 is 29.0 Å². The highest BCUT2D eigenvalue weighted by atomic mass is 16.6. The van der Waals surface area contributed by atoms with Gasteiger partial charge in [-0.1, -0.05) is 32.0 Å². The number of imidazole rings is 1. The van der Waals surface area contributed by atoms with Gasteiger partial charge in [0.05, 0.1) is 18.0 Å². The van der Waals surface area contributed by atoms with E-state index in [1.54, 1.807) is 44.2 Å². The molecule has 1 aliphatic rings. The molecule has 1 aliphatic heterocycles. The normalized spacial score (nSPS) is 20.6. The molecule has 1 aromatic carbocycles. The summed E-state index contributed by atoms with van der Waals surface area (Å²) < 4.78 is 12.7. The Labute approximate surface area is 182 Å². The van der Waals surface area contributed by atoms with E-state index in [9.17, 15) is 19.5 Å². The molecule has 11 nitrogen and oxygen atoms in total. The predicted molar refractivity (Wildman–Crippen MR) is 113 cm³/mol. The van der Waals surface area contributed by atoms with Crippen LogP contribution >= 0.6 is 0 Å². The van der Waals surface area contributed by atoms with Gasteiger partial charge in [-0.3, -0.25) is 24.5 Å². The standard InChI is InChI=1S/C21H23N5O6/c1-11(2)18(28)24-21-23-17-16(19(29)25-21)22-10-26(17)15-8-13(27)14(32-15)9-31-20(30)12-6-4-3-5-7-12/h3-7,10-11,13-15,27H,8-9H2,1-2H3,(H2,23,24,25,28,29)/t13-,14-,15+/m1/s1. The summed E-state index contributed by atoms with van der Waals surface area (Å²) in [5.41, 5.74) is 0.160. The minimum Gasteiger partial charge on any atom is -0.459 e. The number of rotatable bonds is 6. The molecule has 4 rings (SSSR count). The van der Waals surface area contributed by atoms with Gasteiger partial charge in [0.1, 0.15) is 18.9 Å². The van der Waals surface area contributed by atoms with Crippen molar-refractivity contribution in [3.63, 3.8) is 0 Å². The molecule has 1 amide bonds. The van der Waals surface area contributed by atoms with Crippen LogP contribution in [0, 0.1) is 5.92 Å². The Balaban J connectivity index is 1.49. The van der Waals surface area contributed by atoms with Gasteiger partial charge in [0.15, 0.2) is 11.2 Å². The molecule has 2 aromatic heterocycles. The number of fused-ring (bicyclic) bond motifs is 1. The number of benzene rings is 1. The van der Waals surface area contributed by atoms with Crippen molar-refractivity contribution in [1.82, 2.24) is 19.5 Å². The van der Waals surface area contributed by atoms with E-state index >= 15 is 0 Å². The van der Waals surface area contributed by atoms with Crippen LogP contribution in [-0.2, 0) is 14.3 Å². The average Bonchev–Trinajstić information content (AvgIpc) is 3.36. The van der Waals surface area contributed by atoms with E-state index in [-0.39, 0.29) is 42.0 Å². The van der Waals surface area contributed by atoms with Gasteiger partial charge in [0.2, 0.25) is 11.9 Å². The Hall–Kier alpha value is -3.57. The van der Waals surface area contributed by atoms with Crippen molar-refractivity contribution in [2.24, 2.45) is 5.92 Å². The summed E-state index contributed by atoms with van der Waals surface area (Å²) in [7, 11) is 0. The van der Waals surface area contributed by atoms with E-state index in [0.29, 0.717) is 5.56 Å². The first-order chi connectivity index (χ1) is 15.3. The highest BCUT2D eigenvalue weighted by Crippen LogP contribution is 2.30. The zero-order valence-electron chi connectivity index (χ0n) is 17.5. The van der Waals surface area contributed by atoms with Crippen LogP contribution in [0.2, 0.25) is 0 Å².